The van der Waals surface area contributed by atoms with Gasteiger partial charge in [0.05, 0.1) is 11.8 Å². The lowest BCUT2D eigenvalue weighted by atomic mass is 9.96. The van der Waals surface area contributed by atoms with Crippen LogP contribution >= 0.6 is 0 Å². The van der Waals surface area contributed by atoms with Gasteiger partial charge in [-0.3, -0.25) is 9.59 Å². The largest absolute Gasteiger partial charge is 0.482 e. The maximum absolute atomic E-state index is 13.1. The average molecular weight is 359 g/mol. The minimum atomic E-state index is -4.69. The number of halogens is 3. The molecule has 2 aliphatic heterocycles. The number of rotatable bonds is 2. The van der Waals surface area contributed by atoms with E-state index in [4.69, 9.17) is 14.6 Å². The van der Waals surface area contributed by atoms with Crippen molar-refractivity contribution >= 4 is 11.9 Å². The van der Waals surface area contributed by atoms with Crippen molar-refractivity contribution in [3.05, 3.63) is 24.3 Å². The van der Waals surface area contributed by atoms with Crippen LogP contribution in [0.1, 0.15) is 6.92 Å². The van der Waals surface area contributed by atoms with Crippen LogP contribution in [-0.2, 0) is 9.59 Å². The van der Waals surface area contributed by atoms with Crippen LogP contribution in [0.4, 0.5) is 13.2 Å². The van der Waals surface area contributed by atoms with Crippen molar-refractivity contribution in [1.29, 1.82) is 0 Å². The standard InChI is InChI=1S/C16H16F3NO5/c1-8-13(25-12-5-3-2-4-11(12)24-8)14(21)20-6-9(15(22)23)10(7-20)16(17,18)19/h2-5,8-10,13H,6-7H2,1H3,(H,22,23)/t8?,9-,10-,13?/m1/s1. The van der Waals surface area contributed by atoms with Crippen LogP contribution in [0.25, 0.3) is 0 Å². The lowest BCUT2D eigenvalue weighted by Crippen LogP contribution is -2.50. The van der Waals surface area contributed by atoms with Crippen LogP contribution in [0.5, 0.6) is 11.5 Å². The van der Waals surface area contributed by atoms with Gasteiger partial charge < -0.3 is 19.5 Å². The molecular weight excluding hydrogens is 343 g/mol. The molecule has 1 aromatic rings. The van der Waals surface area contributed by atoms with Gasteiger partial charge in [0.15, 0.2) is 11.5 Å². The fraction of sp³-hybridized carbons (Fsp3) is 0.500. The Balaban J connectivity index is 1.79. The van der Waals surface area contributed by atoms with E-state index in [-0.39, 0.29) is 0 Å². The molecule has 6 nitrogen and oxygen atoms in total. The molecule has 9 heteroatoms. The lowest BCUT2D eigenvalue weighted by molar-refractivity contribution is -0.188. The molecule has 0 aliphatic carbocycles. The number of carbonyl (C=O) groups is 2. The number of likely N-dealkylation sites (tertiary alicyclic amines) is 1. The monoisotopic (exact) mass is 359 g/mol. The fourth-order valence-electron chi connectivity index (χ4n) is 3.14. The normalized spacial score (nSPS) is 28.7. The molecule has 1 amide bonds. The Morgan fingerprint density at radius 1 is 1.16 bits per heavy atom. The predicted molar refractivity (Wildman–Crippen MR) is 78.2 cm³/mol. The Hall–Kier alpha value is -2.45. The van der Waals surface area contributed by atoms with E-state index in [0.717, 1.165) is 4.90 Å². The zero-order valence-corrected chi connectivity index (χ0v) is 13.2. The molecule has 0 radical (unpaired) electrons. The summed E-state index contributed by atoms with van der Waals surface area (Å²) in [6.45, 7) is 0.366. The van der Waals surface area contributed by atoms with Gasteiger partial charge >= 0.3 is 12.1 Å². The summed E-state index contributed by atoms with van der Waals surface area (Å²) in [4.78, 5) is 24.7. The molecule has 4 atom stereocenters. The number of para-hydroxylation sites is 2. The van der Waals surface area contributed by atoms with Gasteiger partial charge in [0.1, 0.15) is 6.10 Å². The second kappa shape index (κ2) is 6.12. The van der Waals surface area contributed by atoms with Crippen molar-refractivity contribution in [2.24, 2.45) is 11.8 Å². The lowest BCUT2D eigenvalue weighted by Gasteiger charge is -2.33. The van der Waals surface area contributed by atoms with Crippen LogP contribution in [0.15, 0.2) is 24.3 Å². The van der Waals surface area contributed by atoms with E-state index < -0.39 is 55.2 Å². The highest BCUT2D eigenvalue weighted by Crippen LogP contribution is 2.39. The van der Waals surface area contributed by atoms with Gasteiger partial charge in [0.25, 0.3) is 5.91 Å². The fourth-order valence-corrected chi connectivity index (χ4v) is 3.14. The average Bonchev–Trinajstić information content (AvgIpc) is 2.99. The van der Waals surface area contributed by atoms with Crippen molar-refractivity contribution in [2.45, 2.75) is 25.3 Å². The summed E-state index contributed by atoms with van der Waals surface area (Å²) in [5, 5.41) is 9.05. The Kier molecular flexibility index (Phi) is 4.26. The smallest absolute Gasteiger partial charge is 0.394 e. The van der Waals surface area contributed by atoms with E-state index in [9.17, 15) is 22.8 Å². The molecule has 0 aromatic heterocycles. The van der Waals surface area contributed by atoms with Gasteiger partial charge in [-0.1, -0.05) is 12.1 Å². The Bertz CT molecular complexity index is 693. The van der Waals surface area contributed by atoms with E-state index in [1.807, 2.05) is 0 Å². The number of fused-ring (bicyclic) bond motifs is 1. The number of carboxylic acid groups (broad SMARTS) is 1. The van der Waals surface area contributed by atoms with Gasteiger partial charge in [-0.25, -0.2) is 0 Å². The van der Waals surface area contributed by atoms with Crippen molar-refractivity contribution in [3.63, 3.8) is 0 Å². The summed E-state index contributed by atoms with van der Waals surface area (Å²) in [5.41, 5.74) is 0. The maximum atomic E-state index is 13.1. The van der Waals surface area contributed by atoms with E-state index in [1.165, 1.54) is 0 Å². The highest BCUT2D eigenvalue weighted by atomic mass is 19.4. The Labute approximate surface area is 141 Å². The predicted octanol–water partition coefficient (Wildman–Crippen LogP) is 1.94. The van der Waals surface area contributed by atoms with Gasteiger partial charge in [0.2, 0.25) is 6.10 Å². The number of hydrogen-bond acceptors (Lipinski definition) is 4. The third-order valence-electron chi connectivity index (χ3n) is 4.45. The number of benzene rings is 1. The Morgan fingerprint density at radius 3 is 2.28 bits per heavy atom. The molecule has 2 heterocycles. The zero-order valence-electron chi connectivity index (χ0n) is 13.2. The third-order valence-corrected chi connectivity index (χ3v) is 4.45. The van der Waals surface area contributed by atoms with Gasteiger partial charge in [-0.15, -0.1) is 0 Å². The molecule has 1 saturated heterocycles. The molecular formula is C16H16F3NO5. The topological polar surface area (TPSA) is 76.1 Å². The molecule has 2 unspecified atom stereocenters. The van der Waals surface area contributed by atoms with Gasteiger partial charge in [-0.05, 0) is 19.1 Å². The molecule has 1 fully saturated rings. The maximum Gasteiger partial charge on any atom is 0.394 e. The SMILES string of the molecule is CC1Oc2ccccc2OC1C(=O)N1C[C@@H](C(F)(F)F)[C@H](C(=O)O)C1. The molecule has 25 heavy (non-hydrogen) atoms. The van der Waals surface area contributed by atoms with E-state index in [0.29, 0.717) is 11.5 Å². The highest BCUT2D eigenvalue weighted by molar-refractivity contribution is 5.84. The molecule has 0 bridgehead atoms. The number of hydrogen-bond donors (Lipinski definition) is 1. The number of ether oxygens (including phenoxy) is 2. The van der Waals surface area contributed by atoms with E-state index >= 15 is 0 Å². The van der Waals surface area contributed by atoms with Crippen LogP contribution in [0.3, 0.4) is 0 Å². The van der Waals surface area contributed by atoms with Crippen LogP contribution in [0.2, 0.25) is 0 Å². The van der Waals surface area contributed by atoms with Crippen molar-refractivity contribution in [2.75, 3.05) is 13.1 Å². The van der Waals surface area contributed by atoms with Gasteiger partial charge in [-0.2, -0.15) is 13.2 Å². The summed E-state index contributed by atoms with van der Waals surface area (Å²) in [6, 6.07) is 6.64. The first kappa shape index (κ1) is 17.4. The number of carboxylic acids is 1. The first-order valence-electron chi connectivity index (χ1n) is 7.69. The summed E-state index contributed by atoms with van der Waals surface area (Å²) in [5.74, 6) is -5.30. The first-order chi connectivity index (χ1) is 11.7. The number of alkyl halides is 3. The van der Waals surface area contributed by atoms with Crippen LogP contribution in [-0.4, -0.2) is 53.4 Å². The van der Waals surface area contributed by atoms with Crippen molar-refractivity contribution in [3.8, 4) is 11.5 Å². The van der Waals surface area contributed by atoms with Crippen molar-refractivity contribution < 1.29 is 37.3 Å². The van der Waals surface area contributed by atoms with Crippen LogP contribution in [0, 0.1) is 11.8 Å². The molecule has 3 rings (SSSR count). The number of aliphatic carboxylic acids is 1. The van der Waals surface area contributed by atoms with E-state index in [2.05, 4.69) is 0 Å². The third kappa shape index (κ3) is 3.22. The summed E-state index contributed by atoms with van der Waals surface area (Å²) < 4.78 is 50.4. The molecule has 0 spiro atoms. The number of carbonyl (C=O) groups excluding carboxylic acids is 1. The summed E-state index contributed by atoms with van der Waals surface area (Å²) in [6.07, 6.45) is -6.54. The molecule has 0 saturated carbocycles. The molecule has 2 aliphatic rings. The van der Waals surface area contributed by atoms with Gasteiger partial charge in [0, 0.05) is 13.1 Å². The van der Waals surface area contributed by atoms with Crippen LogP contribution < -0.4 is 9.47 Å². The first-order valence-corrected chi connectivity index (χ1v) is 7.69. The molecule has 1 aromatic carbocycles. The zero-order chi connectivity index (χ0) is 18.4. The quantitative estimate of drug-likeness (QED) is 0.873. The second-order valence-electron chi connectivity index (χ2n) is 6.14. The second-order valence-corrected chi connectivity index (χ2v) is 6.14. The van der Waals surface area contributed by atoms with E-state index in [1.54, 1.807) is 31.2 Å². The Morgan fingerprint density at radius 2 is 1.76 bits per heavy atom. The number of amides is 1. The minimum Gasteiger partial charge on any atom is -0.482 e. The number of nitrogens with zero attached hydrogens (tertiary/aromatic N) is 1. The summed E-state index contributed by atoms with van der Waals surface area (Å²) >= 11 is 0. The minimum absolute atomic E-state index is 0.320. The highest BCUT2D eigenvalue weighted by Gasteiger charge is 2.54. The molecule has 1 N–H and O–H groups in total. The molecule has 136 valence electrons. The van der Waals surface area contributed by atoms with Crippen molar-refractivity contribution in [1.82, 2.24) is 4.90 Å². The summed E-state index contributed by atoms with van der Waals surface area (Å²) in [7, 11) is 0.